The molecule has 2 heterocycles. The molecular weight excluding hydrogens is 266 g/mol. The number of rotatable bonds is 1. The fourth-order valence-electron chi connectivity index (χ4n) is 4.50. The monoisotopic (exact) mass is 289 g/mol. The standard InChI is InChI=1S/C17H23NO3/c1-18-8-7-17-6-5-12(19)9-14(17)21-16-13(20-2)4-3-11(10-18)15(16)17/h3-4,12,14,19H,5-10H2,1-2H3/t12-,14-,17-/m1/s1. The van der Waals surface area contributed by atoms with Crippen molar-refractivity contribution in [3.63, 3.8) is 0 Å². The minimum absolute atomic E-state index is 0.0726. The van der Waals surface area contributed by atoms with Gasteiger partial charge in [-0.3, -0.25) is 0 Å². The minimum atomic E-state index is -0.231. The van der Waals surface area contributed by atoms with Crippen LogP contribution in [0.3, 0.4) is 0 Å². The first-order valence-electron chi connectivity index (χ1n) is 7.87. The van der Waals surface area contributed by atoms with E-state index in [-0.39, 0.29) is 17.6 Å². The first kappa shape index (κ1) is 13.4. The maximum Gasteiger partial charge on any atom is 0.165 e. The van der Waals surface area contributed by atoms with Crippen LogP contribution in [0.5, 0.6) is 11.5 Å². The molecule has 1 aromatic carbocycles. The van der Waals surface area contributed by atoms with Gasteiger partial charge < -0.3 is 19.5 Å². The second-order valence-corrected chi connectivity index (χ2v) is 6.81. The van der Waals surface area contributed by atoms with Gasteiger partial charge in [0.2, 0.25) is 0 Å². The van der Waals surface area contributed by atoms with Crippen LogP contribution in [-0.2, 0) is 12.0 Å². The van der Waals surface area contributed by atoms with E-state index in [1.807, 2.05) is 6.07 Å². The summed E-state index contributed by atoms with van der Waals surface area (Å²) in [5.41, 5.74) is 2.80. The molecule has 114 valence electrons. The van der Waals surface area contributed by atoms with Gasteiger partial charge >= 0.3 is 0 Å². The van der Waals surface area contributed by atoms with E-state index in [1.54, 1.807) is 7.11 Å². The molecule has 0 bridgehead atoms. The highest BCUT2D eigenvalue weighted by Gasteiger charge is 2.54. The Morgan fingerprint density at radius 2 is 2.24 bits per heavy atom. The Kier molecular flexibility index (Phi) is 2.95. The molecule has 3 aliphatic rings. The zero-order valence-electron chi connectivity index (χ0n) is 12.8. The lowest BCUT2D eigenvalue weighted by Crippen LogP contribution is -2.45. The van der Waals surface area contributed by atoms with Crippen molar-refractivity contribution >= 4 is 0 Å². The van der Waals surface area contributed by atoms with Crippen molar-refractivity contribution in [2.75, 3.05) is 20.7 Å². The Hall–Kier alpha value is -1.26. The summed E-state index contributed by atoms with van der Waals surface area (Å²) in [5, 5.41) is 10.1. The molecule has 4 rings (SSSR count). The molecule has 1 saturated carbocycles. The summed E-state index contributed by atoms with van der Waals surface area (Å²) < 4.78 is 11.8. The van der Waals surface area contributed by atoms with Gasteiger partial charge in [0.05, 0.1) is 13.2 Å². The van der Waals surface area contributed by atoms with Crippen molar-refractivity contribution in [1.82, 2.24) is 4.90 Å². The Morgan fingerprint density at radius 3 is 3.05 bits per heavy atom. The second kappa shape index (κ2) is 4.62. The van der Waals surface area contributed by atoms with Crippen molar-refractivity contribution in [2.45, 2.75) is 49.9 Å². The average Bonchev–Trinajstić information content (AvgIpc) is 2.72. The normalized spacial score (nSPS) is 34.6. The first-order valence-corrected chi connectivity index (χ1v) is 7.87. The number of methoxy groups -OCH3 is 1. The van der Waals surface area contributed by atoms with E-state index in [0.29, 0.717) is 0 Å². The Morgan fingerprint density at radius 1 is 1.38 bits per heavy atom. The molecule has 2 aliphatic heterocycles. The third-order valence-corrected chi connectivity index (χ3v) is 5.59. The van der Waals surface area contributed by atoms with Crippen LogP contribution in [0.25, 0.3) is 0 Å². The van der Waals surface area contributed by atoms with Gasteiger partial charge in [-0.15, -0.1) is 0 Å². The Bertz CT molecular complexity index is 573. The van der Waals surface area contributed by atoms with E-state index in [0.717, 1.165) is 50.3 Å². The smallest absolute Gasteiger partial charge is 0.165 e. The third-order valence-electron chi connectivity index (χ3n) is 5.59. The molecule has 1 aliphatic carbocycles. The SMILES string of the molecule is COc1ccc2c3c1O[C@@H]1C[C@H](O)CC[C@]31CCN(C)C2. The van der Waals surface area contributed by atoms with Crippen LogP contribution in [0.2, 0.25) is 0 Å². The van der Waals surface area contributed by atoms with E-state index in [4.69, 9.17) is 9.47 Å². The molecule has 3 atom stereocenters. The van der Waals surface area contributed by atoms with Crippen LogP contribution in [0.15, 0.2) is 12.1 Å². The molecule has 0 saturated heterocycles. The number of benzene rings is 1. The zero-order chi connectivity index (χ0) is 14.6. The lowest BCUT2D eigenvalue weighted by atomic mass is 9.65. The molecule has 1 N–H and O–H groups in total. The van der Waals surface area contributed by atoms with E-state index < -0.39 is 0 Å². The molecular formula is C17H23NO3. The van der Waals surface area contributed by atoms with Gasteiger partial charge in [-0.1, -0.05) is 6.07 Å². The molecule has 21 heavy (non-hydrogen) atoms. The predicted octanol–water partition coefficient (Wildman–Crippen LogP) is 2.07. The van der Waals surface area contributed by atoms with Crippen LogP contribution in [0.4, 0.5) is 0 Å². The van der Waals surface area contributed by atoms with Crippen LogP contribution in [0.1, 0.15) is 36.8 Å². The van der Waals surface area contributed by atoms with Gasteiger partial charge in [-0.25, -0.2) is 0 Å². The number of aliphatic hydroxyl groups is 1. The van der Waals surface area contributed by atoms with Gasteiger partial charge in [0, 0.05) is 23.9 Å². The van der Waals surface area contributed by atoms with E-state index >= 15 is 0 Å². The molecule has 4 nitrogen and oxygen atoms in total. The third kappa shape index (κ3) is 1.82. The van der Waals surface area contributed by atoms with E-state index in [2.05, 4.69) is 18.0 Å². The molecule has 1 aromatic rings. The number of ether oxygens (including phenoxy) is 2. The highest BCUT2D eigenvalue weighted by atomic mass is 16.5. The molecule has 0 unspecified atom stereocenters. The fraction of sp³-hybridized carbons (Fsp3) is 0.647. The van der Waals surface area contributed by atoms with Crippen LogP contribution in [-0.4, -0.2) is 42.9 Å². The molecule has 0 amide bonds. The maximum atomic E-state index is 10.1. The van der Waals surface area contributed by atoms with Crippen LogP contribution in [0, 0.1) is 0 Å². The summed E-state index contributed by atoms with van der Waals surface area (Å²) in [6, 6.07) is 4.22. The highest BCUT2D eigenvalue weighted by Crippen LogP contribution is 2.57. The summed E-state index contributed by atoms with van der Waals surface area (Å²) in [4.78, 5) is 2.39. The number of hydrogen-bond donors (Lipinski definition) is 1. The lowest BCUT2D eigenvalue weighted by molar-refractivity contribution is 0.0120. The average molecular weight is 289 g/mol. The summed E-state index contributed by atoms with van der Waals surface area (Å²) in [6.45, 7) is 2.04. The fourth-order valence-corrected chi connectivity index (χ4v) is 4.50. The molecule has 1 spiro atoms. The molecule has 4 heteroatoms. The van der Waals surface area contributed by atoms with Crippen molar-refractivity contribution in [1.29, 1.82) is 0 Å². The minimum Gasteiger partial charge on any atom is -0.493 e. The zero-order valence-corrected chi connectivity index (χ0v) is 12.8. The quantitative estimate of drug-likeness (QED) is 0.859. The van der Waals surface area contributed by atoms with Crippen molar-refractivity contribution in [2.24, 2.45) is 0 Å². The van der Waals surface area contributed by atoms with E-state index in [1.165, 1.54) is 11.1 Å². The summed E-state index contributed by atoms with van der Waals surface area (Å²) in [7, 11) is 3.88. The first-order chi connectivity index (χ1) is 10.1. The van der Waals surface area contributed by atoms with Crippen LogP contribution >= 0.6 is 0 Å². The Balaban J connectivity index is 1.90. The van der Waals surface area contributed by atoms with Gasteiger partial charge in [0.1, 0.15) is 6.10 Å². The van der Waals surface area contributed by atoms with Crippen molar-refractivity contribution in [3.8, 4) is 11.5 Å². The topological polar surface area (TPSA) is 41.9 Å². The summed E-state index contributed by atoms with van der Waals surface area (Å²) in [5.74, 6) is 1.77. The highest BCUT2D eigenvalue weighted by molar-refractivity contribution is 5.58. The summed E-state index contributed by atoms with van der Waals surface area (Å²) in [6.07, 6.45) is 3.59. The van der Waals surface area contributed by atoms with Gasteiger partial charge in [-0.05, 0) is 44.5 Å². The lowest BCUT2D eigenvalue weighted by Gasteiger charge is -2.40. The van der Waals surface area contributed by atoms with Crippen molar-refractivity contribution in [3.05, 3.63) is 23.3 Å². The number of aliphatic hydroxyl groups excluding tert-OH is 1. The van der Waals surface area contributed by atoms with Gasteiger partial charge in [0.15, 0.2) is 11.5 Å². The second-order valence-electron chi connectivity index (χ2n) is 6.81. The van der Waals surface area contributed by atoms with Gasteiger partial charge in [0.25, 0.3) is 0 Å². The van der Waals surface area contributed by atoms with Crippen molar-refractivity contribution < 1.29 is 14.6 Å². The van der Waals surface area contributed by atoms with E-state index in [9.17, 15) is 5.11 Å². The molecule has 1 fully saturated rings. The van der Waals surface area contributed by atoms with Gasteiger partial charge in [-0.2, -0.15) is 0 Å². The predicted molar refractivity (Wildman–Crippen MR) is 79.9 cm³/mol. The largest absolute Gasteiger partial charge is 0.493 e. The number of nitrogens with zero attached hydrogens (tertiary/aromatic N) is 1. The Labute approximate surface area is 125 Å². The molecule has 0 aromatic heterocycles. The maximum absolute atomic E-state index is 10.1. The molecule has 0 radical (unpaired) electrons. The summed E-state index contributed by atoms with van der Waals surface area (Å²) >= 11 is 0. The number of hydrogen-bond acceptors (Lipinski definition) is 4. The van der Waals surface area contributed by atoms with Crippen LogP contribution < -0.4 is 9.47 Å².